The average molecular weight is 265 g/mol. The summed E-state index contributed by atoms with van der Waals surface area (Å²) < 4.78 is 17.0. The Hall–Kier alpha value is 0.314. The molecule has 0 aliphatic carbocycles. The van der Waals surface area contributed by atoms with Crippen LogP contribution in [0.5, 0.6) is 0 Å². The van der Waals surface area contributed by atoms with Crippen LogP contribution >= 0.6 is 0 Å². The van der Waals surface area contributed by atoms with Crippen molar-refractivity contribution in [1.29, 1.82) is 0 Å². The second-order valence-corrected chi connectivity index (χ2v) is 14.3. The molecule has 0 heterocycles. The van der Waals surface area contributed by atoms with Crippen LogP contribution in [-0.2, 0) is 13.3 Å². The van der Waals surface area contributed by atoms with Crippen molar-refractivity contribution in [1.82, 2.24) is 0 Å². The highest BCUT2D eigenvalue weighted by Gasteiger charge is 2.38. The first-order valence-electron chi connectivity index (χ1n) is 5.82. The van der Waals surface area contributed by atoms with Crippen molar-refractivity contribution < 1.29 is 13.3 Å². The van der Waals surface area contributed by atoms with Crippen LogP contribution in [0.15, 0.2) is 0 Å². The second-order valence-electron chi connectivity index (χ2n) is 5.90. The van der Waals surface area contributed by atoms with Gasteiger partial charge in [-0.3, -0.25) is 0 Å². The van der Waals surface area contributed by atoms with Gasteiger partial charge in [-0.15, -0.1) is 0 Å². The molecule has 0 rings (SSSR count). The third-order valence-corrected chi connectivity index (χ3v) is 11.1. The molecule has 0 radical (unpaired) electrons. The van der Waals surface area contributed by atoms with Gasteiger partial charge in [0, 0.05) is 26.9 Å². The lowest BCUT2D eigenvalue weighted by Crippen LogP contribution is -2.43. The van der Waals surface area contributed by atoms with Crippen LogP contribution in [0.4, 0.5) is 0 Å². The molecule has 0 aliphatic rings. The maximum Gasteiger partial charge on any atom is 0.336 e. The molecule has 0 atom stereocenters. The summed E-state index contributed by atoms with van der Waals surface area (Å²) in [5.41, 5.74) is 0. The number of rotatable bonds is 6. The molecule has 0 aliphatic heterocycles. The highest BCUT2D eigenvalue weighted by atomic mass is 28.4. The summed E-state index contributed by atoms with van der Waals surface area (Å²) in [4.78, 5) is 0. The lowest BCUT2D eigenvalue weighted by atomic mass is 10.2. The first-order chi connectivity index (χ1) is 7.08. The van der Waals surface area contributed by atoms with Gasteiger partial charge in [-0.2, -0.15) is 0 Å². The Morgan fingerprint density at radius 1 is 0.938 bits per heavy atom. The van der Waals surface area contributed by atoms with E-state index in [4.69, 9.17) is 13.3 Å². The third kappa shape index (κ3) is 4.67. The van der Waals surface area contributed by atoms with Crippen LogP contribution in [0.25, 0.3) is 0 Å². The zero-order valence-electron chi connectivity index (χ0n) is 12.1. The van der Waals surface area contributed by atoms with Crippen molar-refractivity contribution in [2.24, 2.45) is 0 Å². The standard InChI is InChI=1S/C11H28O3Si2/c1-11(2,3)15(6,7)14-9-10-16(8,12-4)13-5/h9-10H2,1-8H3. The molecule has 0 aromatic carbocycles. The van der Waals surface area contributed by atoms with Crippen molar-refractivity contribution in [2.45, 2.75) is 51.5 Å². The van der Waals surface area contributed by atoms with Gasteiger partial charge < -0.3 is 13.3 Å². The first kappa shape index (κ1) is 16.3. The van der Waals surface area contributed by atoms with E-state index in [0.717, 1.165) is 12.7 Å². The smallest absolute Gasteiger partial charge is 0.336 e. The van der Waals surface area contributed by atoms with E-state index in [-0.39, 0.29) is 5.04 Å². The zero-order valence-corrected chi connectivity index (χ0v) is 14.1. The molecule has 0 fully saturated rings. The fourth-order valence-corrected chi connectivity index (χ4v) is 3.29. The fourth-order valence-electron chi connectivity index (χ4n) is 0.996. The minimum atomic E-state index is -1.96. The van der Waals surface area contributed by atoms with Crippen molar-refractivity contribution >= 4 is 16.9 Å². The van der Waals surface area contributed by atoms with Gasteiger partial charge >= 0.3 is 8.56 Å². The largest absolute Gasteiger partial charge is 0.417 e. The molecular weight excluding hydrogens is 236 g/mol. The Balaban J connectivity index is 4.18. The van der Waals surface area contributed by atoms with E-state index in [2.05, 4.69) is 40.4 Å². The van der Waals surface area contributed by atoms with E-state index in [9.17, 15) is 0 Å². The summed E-state index contributed by atoms with van der Waals surface area (Å²) in [6, 6.07) is 0.895. The molecule has 5 heteroatoms. The van der Waals surface area contributed by atoms with Crippen molar-refractivity contribution in [2.75, 3.05) is 20.8 Å². The maximum atomic E-state index is 6.11. The minimum Gasteiger partial charge on any atom is -0.417 e. The summed E-state index contributed by atoms with van der Waals surface area (Å²) in [6.45, 7) is 14.1. The first-order valence-corrected chi connectivity index (χ1v) is 11.3. The lowest BCUT2D eigenvalue weighted by Gasteiger charge is -2.37. The predicted molar refractivity (Wildman–Crippen MR) is 73.6 cm³/mol. The van der Waals surface area contributed by atoms with E-state index < -0.39 is 16.9 Å². The van der Waals surface area contributed by atoms with Crippen molar-refractivity contribution in [3.8, 4) is 0 Å². The normalized spacial score (nSPS) is 14.2. The molecule has 0 aromatic rings. The summed E-state index contributed by atoms with van der Waals surface area (Å²) >= 11 is 0. The van der Waals surface area contributed by atoms with E-state index >= 15 is 0 Å². The molecule has 0 unspecified atom stereocenters. The molecule has 0 amide bonds. The lowest BCUT2D eigenvalue weighted by molar-refractivity contribution is 0.229. The summed E-state index contributed by atoms with van der Waals surface area (Å²) in [6.07, 6.45) is 0. The molecule has 0 spiro atoms. The van der Waals surface area contributed by atoms with Crippen LogP contribution in [0.2, 0.25) is 30.7 Å². The minimum absolute atomic E-state index is 0.269. The molecule has 0 N–H and O–H groups in total. The molecule has 98 valence electrons. The highest BCUT2D eigenvalue weighted by Crippen LogP contribution is 2.36. The van der Waals surface area contributed by atoms with Crippen LogP contribution in [0, 0.1) is 0 Å². The van der Waals surface area contributed by atoms with Gasteiger partial charge in [0.2, 0.25) is 0 Å². The van der Waals surface area contributed by atoms with Crippen LogP contribution < -0.4 is 0 Å². The summed E-state index contributed by atoms with van der Waals surface area (Å²) in [5.74, 6) is 0. The fraction of sp³-hybridized carbons (Fsp3) is 1.00. The Morgan fingerprint density at radius 3 is 1.69 bits per heavy atom. The quantitative estimate of drug-likeness (QED) is 0.688. The highest BCUT2D eigenvalue weighted by molar-refractivity contribution is 6.74. The molecule has 0 saturated heterocycles. The van der Waals surface area contributed by atoms with E-state index in [1.165, 1.54) is 0 Å². The SMILES string of the molecule is CO[Si](C)(CCO[Si](C)(C)C(C)(C)C)OC. The molecule has 0 saturated carbocycles. The average Bonchev–Trinajstić information content (AvgIpc) is 2.15. The monoisotopic (exact) mass is 264 g/mol. The second kappa shape index (κ2) is 5.77. The molecule has 0 bridgehead atoms. The summed E-state index contributed by atoms with van der Waals surface area (Å²) in [7, 11) is -0.130. The van der Waals surface area contributed by atoms with E-state index in [1.807, 2.05) is 0 Å². The zero-order chi connectivity index (χ0) is 13.0. The molecular formula is C11H28O3Si2. The van der Waals surface area contributed by atoms with E-state index in [1.54, 1.807) is 14.2 Å². The van der Waals surface area contributed by atoms with Gasteiger partial charge in [-0.25, -0.2) is 0 Å². The van der Waals surface area contributed by atoms with Gasteiger partial charge in [0.05, 0.1) is 0 Å². The van der Waals surface area contributed by atoms with Crippen molar-refractivity contribution in [3.05, 3.63) is 0 Å². The van der Waals surface area contributed by atoms with Crippen LogP contribution in [-0.4, -0.2) is 37.7 Å². The van der Waals surface area contributed by atoms with Gasteiger partial charge in [0.25, 0.3) is 0 Å². The molecule has 3 nitrogen and oxygen atoms in total. The Morgan fingerprint density at radius 2 is 1.38 bits per heavy atom. The van der Waals surface area contributed by atoms with Gasteiger partial charge in [-0.1, -0.05) is 20.8 Å². The Kier molecular flexibility index (Phi) is 5.89. The number of hydrogen-bond acceptors (Lipinski definition) is 3. The predicted octanol–water partition coefficient (Wildman–Crippen LogP) is 3.37. The van der Waals surface area contributed by atoms with Crippen LogP contribution in [0.1, 0.15) is 20.8 Å². The maximum absolute atomic E-state index is 6.11. The third-order valence-electron chi connectivity index (χ3n) is 3.69. The van der Waals surface area contributed by atoms with Crippen LogP contribution in [0.3, 0.4) is 0 Å². The topological polar surface area (TPSA) is 27.7 Å². The van der Waals surface area contributed by atoms with Gasteiger partial charge in [0.1, 0.15) is 0 Å². The molecule has 0 aromatic heterocycles. The molecule has 16 heavy (non-hydrogen) atoms. The Labute approximate surface area is 103 Å². The van der Waals surface area contributed by atoms with Gasteiger partial charge in [-0.05, 0) is 24.7 Å². The Bertz CT molecular complexity index is 208. The number of hydrogen-bond donors (Lipinski definition) is 0. The van der Waals surface area contributed by atoms with Gasteiger partial charge in [0.15, 0.2) is 8.32 Å². The van der Waals surface area contributed by atoms with Crippen molar-refractivity contribution in [3.63, 3.8) is 0 Å². The van der Waals surface area contributed by atoms with E-state index in [0.29, 0.717) is 0 Å². The summed E-state index contributed by atoms with van der Waals surface area (Å²) in [5, 5.41) is 0.269.